The van der Waals surface area contributed by atoms with Gasteiger partial charge < -0.3 is 15.2 Å². The second-order valence-electron chi connectivity index (χ2n) is 7.05. The monoisotopic (exact) mass is 331 g/mol. The van der Waals surface area contributed by atoms with Gasteiger partial charge in [0.05, 0.1) is 5.92 Å². The zero-order chi connectivity index (χ0) is 17.3. The van der Waals surface area contributed by atoms with E-state index >= 15 is 0 Å². The summed E-state index contributed by atoms with van der Waals surface area (Å²) in [6, 6.07) is 3.75. The van der Waals surface area contributed by atoms with Crippen LogP contribution in [0.1, 0.15) is 48.8 Å². The van der Waals surface area contributed by atoms with Gasteiger partial charge in [-0.15, -0.1) is 0 Å². The molecule has 0 aromatic heterocycles. The molecule has 0 radical (unpaired) electrons. The Morgan fingerprint density at radius 3 is 2.58 bits per heavy atom. The van der Waals surface area contributed by atoms with Crippen molar-refractivity contribution in [3.05, 3.63) is 28.8 Å². The second kappa shape index (κ2) is 6.83. The predicted octanol–water partition coefficient (Wildman–Crippen LogP) is 2.76. The number of nitrogens with one attached hydrogen (secondary N) is 1. The molecule has 5 heteroatoms. The lowest BCUT2D eigenvalue weighted by atomic mass is 9.94. The smallest absolute Gasteiger partial charge is 0.308 e. The molecule has 1 saturated carbocycles. The summed E-state index contributed by atoms with van der Waals surface area (Å²) < 4.78 is 5.81. The Kier molecular flexibility index (Phi) is 4.78. The number of carbonyl (C=O) groups excluding carboxylic acids is 1. The van der Waals surface area contributed by atoms with Gasteiger partial charge in [-0.2, -0.15) is 0 Å². The fraction of sp³-hybridized carbons (Fsp3) is 0.579. The molecule has 0 bridgehead atoms. The number of aryl methyl sites for hydroxylation is 2. The fourth-order valence-corrected chi connectivity index (χ4v) is 3.71. The van der Waals surface area contributed by atoms with E-state index in [2.05, 4.69) is 11.4 Å². The van der Waals surface area contributed by atoms with Crippen LogP contribution in [0.25, 0.3) is 0 Å². The third-order valence-electron chi connectivity index (χ3n) is 5.30. The van der Waals surface area contributed by atoms with Crippen LogP contribution in [0.5, 0.6) is 5.75 Å². The quantitative estimate of drug-likeness (QED) is 0.835. The number of rotatable bonds is 3. The molecule has 5 nitrogen and oxygen atoms in total. The normalized spacial score (nSPS) is 26.2. The third-order valence-corrected chi connectivity index (χ3v) is 5.30. The summed E-state index contributed by atoms with van der Waals surface area (Å²) >= 11 is 0. The first-order valence-electron chi connectivity index (χ1n) is 8.75. The molecule has 1 aliphatic heterocycles. The summed E-state index contributed by atoms with van der Waals surface area (Å²) in [5, 5.41) is 12.4. The van der Waals surface area contributed by atoms with Crippen LogP contribution in [0, 0.1) is 19.8 Å². The largest absolute Gasteiger partial charge is 0.481 e. The summed E-state index contributed by atoms with van der Waals surface area (Å²) in [5.74, 6) is -0.734. The van der Waals surface area contributed by atoms with Crippen molar-refractivity contribution in [3.63, 3.8) is 0 Å². The number of carboxylic acid groups (broad SMARTS) is 1. The van der Waals surface area contributed by atoms with Crippen molar-refractivity contribution < 1.29 is 19.4 Å². The molecular formula is C19H25NO4. The highest BCUT2D eigenvalue weighted by Gasteiger charge is 2.35. The van der Waals surface area contributed by atoms with E-state index in [1.807, 2.05) is 19.9 Å². The zero-order valence-electron chi connectivity index (χ0n) is 14.3. The zero-order valence-corrected chi connectivity index (χ0v) is 14.3. The topological polar surface area (TPSA) is 75.6 Å². The molecule has 3 atom stereocenters. The van der Waals surface area contributed by atoms with Gasteiger partial charge in [-0.1, -0.05) is 25.3 Å². The van der Waals surface area contributed by atoms with Gasteiger partial charge in [-0.25, -0.2) is 0 Å². The van der Waals surface area contributed by atoms with E-state index in [4.69, 9.17) is 4.74 Å². The third kappa shape index (κ3) is 3.40. The van der Waals surface area contributed by atoms with Crippen molar-refractivity contribution in [1.29, 1.82) is 0 Å². The summed E-state index contributed by atoms with van der Waals surface area (Å²) in [6.07, 6.45) is 4.24. The molecule has 1 unspecified atom stereocenters. The van der Waals surface area contributed by atoms with Gasteiger partial charge in [0.2, 0.25) is 0 Å². The second-order valence-corrected chi connectivity index (χ2v) is 7.05. The van der Waals surface area contributed by atoms with Crippen LogP contribution in [0.3, 0.4) is 0 Å². The van der Waals surface area contributed by atoms with E-state index in [-0.39, 0.29) is 11.9 Å². The molecule has 1 fully saturated rings. The number of carbonyl (C=O) groups is 2. The number of amides is 1. The van der Waals surface area contributed by atoms with Crippen LogP contribution in [0.4, 0.5) is 0 Å². The molecule has 1 aromatic carbocycles. The number of hydrogen-bond acceptors (Lipinski definition) is 3. The maximum Gasteiger partial charge on any atom is 0.308 e. The maximum absolute atomic E-state index is 12.6. The Morgan fingerprint density at radius 1 is 1.12 bits per heavy atom. The van der Waals surface area contributed by atoms with Crippen molar-refractivity contribution in [1.82, 2.24) is 5.32 Å². The average Bonchev–Trinajstić information content (AvgIpc) is 2.78. The van der Waals surface area contributed by atoms with Crippen molar-refractivity contribution in [2.75, 3.05) is 0 Å². The van der Waals surface area contributed by atoms with Crippen molar-refractivity contribution in [2.24, 2.45) is 5.92 Å². The van der Waals surface area contributed by atoms with Crippen molar-refractivity contribution >= 4 is 11.9 Å². The van der Waals surface area contributed by atoms with E-state index in [1.165, 1.54) is 5.56 Å². The molecule has 1 amide bonds. The predicted molar refractivity (Wildman–Crippen MR) is 90.2 cm³/mol. The maximum atomic E-state index is 12.6. The number of aliphatic carboxylic acids is 1. The van der Waals surface area contributed by atoms with E-state index in [0.717, 1.165) is 42.6 Å². The molecule has 24 heavy (non-hydrogen) atoms. The molecule has 2 N–H and O–H groups in total. The Labute approximate surface area is 142 Å². The van der Waals surface area contributed by atoms with Gasteiger partial charge in [-0.3, -0.25) is 9.59 Å². The van der Waals surface area contributed by atoms with Gasteiger partial charge in [0.15, 0.2) is 6.10 Å². The van der Waals surface area contributed by atoms with Crippen LogP contribution in [-0.2, 0) is 16.0 Å². The molecule has 130 valence electrons. The first-order valence-corrected chi connectivity index (χ1v) is 8.75. The van der Waals surface area contributed by atoms with Gasteiger partial charge in [0.25, 0.3) is 5.91 Å². The van der Waals surface area contributed by atoms with Crippen LogP contribution in [0.15, 0.2) is 12.1 Å². The average molecular weight is 331 g/mol. The Balaban J connectivity index is 1.68. The van der Waals surface area contributed by atoms with Crippen LogP contribution < -0.4 is 10.1 Å². The SMILES string of the molecule is Cc1cc2c(cc1C)OC(C(=O)N[C@H]1CCCCC[C@H]1C(=O)O)C2. The number of hydrogen-bond donors (Lipinski definition) is 2. The summed E-state index contributed by atoms with van der Waals surface area (Å²) in [7, 11) is 0. The van der Waals surface area contributed by atoms with Gasteiger partial charge in [0, 0.05) is 12.5 Å². The highest BCUT2D eigenvalue weighted by Crippen LogP contribution is 2.32. The molecule has 3 rings (SSSR count). The van der Waals surface area contributed by atoms with Gasteiger partial charge in [0.1, 0.15) is 5.75 Å². The summed E-state index contributed by atoms with van der Waals surface area (Å²) in [5.41, 5.74) is 3.38. The van der Waals surface area contributed by atoms with Crippen molar-refractivity contribution in [3.8, 4) is 5.75 Å². The lowest BCUT2D eigenvalue weighted by molar-refractivity contribution is -0.143. The Hall–Kier alpha value is -2.04. The molecule has 1 aromatic rings. The first kappa shape index (κ1) is 16.8. The minimum Gasteiger partial charge on any atom is -0.481 e. The minimum absolute atomic E-state index is 0.195. The summed E-state index contributed by atoms with van der Waals surface area (Å²) in [4.78, 5) is 24.1. The Bertz CT molecular complexity index is 624. The van der Waals surface area contributed by atoms with Gasteiger partial charge >= 0.3 is 5.97 Å². The van der Waals surface area contributed by atoms with E-state index in [0.29, 0.717) is 12.8 Å². The highest BCUT2D eigenvalue weighted by molar-refractivity contribution is 5.83. The minimum atomic E-state index is -0.816. The first-order chi connectivity index (χ1) is 11.5. The lowest BCUT2D eigenvalue weighted by Crippen LogP contribution is -2.47. The molecule has 1 heterocycles. The molecular weight excluding hydrogens is 306 g/mol. The summed E-state index contributed by atoms with van der Waals surface area (Å²) in [6.45, 7) is 4.07. The fourth-order valence-electron chi connectivity index (χ4n) is 3.71. The molecule has 2 aliphatic rings. The number of benzene rings is 1. The number of fused-ring (bicyclic) bond motifs is 1. The Morgan fingerprint density at radius 2 is 1.83 bits per heavy atom. The molecule has 1 aliphatic carbocycles. The highest BCUT2D eigenvalue weighted by atomic mass is 16.5. The molecule has 0 spiro atoms. The van der Waals surface area contributed by atoms with Crippen LogP contribution in [-0.4, -0.2) is 29.1 Å². The van der Waals surface area contributed by atoms with Crippen molar-refractivity contribution in [2.45, 2.75) is 64.5 Å². The van der Waals surface area contributed by atoms with E-state index in [1.54, 1.807) is 0 Å². The van der Waals surface area contributed by atoms with Gasteiger partial charge in [-0.05, 0) is 49.4 Å². The van der Waals surface area contributed by atoms with Crippen LogP contribution >= 0.6 is 0 Å². The standard InChI is InChI=1S/C19H25NO4/c1-11-8-13-10-17(24-16(13)9-12(11)2)18(21)20-15-7-5-3-4-6-14(15)19(22)23/h8-9,14-15,17H,3-7,10H2,1-2H3,(H,20,21)(H,22,23)/t14-,15+,17?/m1/s1. The van der Waals surface area contributed by atoms with E-state index < -0.39 is 18.0 Å². The number of ether oxygens (including phenoxy) is 1. The van der Waals surface area contributed by atoms with E-state index in [9.17, 15) is 14.7 Å². The lowest BCUT2D eigenvalue weighted by Gasteiger charge is -2.24. The molecule has 0 saturated heterocycles. The number of carboxylic acids is 1. The van der Waals surface area contributed by atoms with Crippen LogP contribution in [0.2, 0.25) is 0 Å².